The van der Waals surface area contributed by atoms with Crippen LogP contribution in [-0.4, -0.2) is 73.5 Å². The summed E-state index contributed by atoms with van der Waals surface area (Å²) in [5.74, 6) is -2.20. The van der Waals surface area contributed by atoms with Gasteiger partial charge in [0.15, 0.2) is 5.69 Å². The minimum absolute atomic E-state index is 0.0779. The van der Waals surface area contributed by atoms with E-state index in [1.54, 1.807) is 34.4 Å². The lowest BCUT2D eigenvalue weighted by molar-refractivity contribution is -0.142. The van der Waals surface area contributed by atoms with Crippen molar-refractivity contribution in [1.82, 2.24) is 24.6 Å². The number of aromatic carboxylic acids is 1. The van der Waals surface area contributed by atoms with Crippen molar-refractivity contribution in [3.63, 3.8) is 0 Å². The molecule has 0 saturated carbocycles. The highest BCUT2D eigenvalue weighted by Gasteiger charge is 2.35. The first-order valence-electron chi connectivity index (χ1n) is 16.1. The molecule has 2 aromatic heterocycles. The van der Waals surface area contributed by atoms with Crippen LogP contribution in [0.3, 0.4) is 0 Å². The number of primary amides is 1. The number of thiazole rings is 1. The van der Waals surface area contributed by atoms with E-state index < -0.39 is 23.7 Å². The number of alkyl halides is 3. The molecule has 2 aromatic carbocycles. The number of hydrogen-bond donors (Lipinski definition) is 2. The molecule has 1 atom stereocenters. The molecular weight excluding hydrogens is 673 g/mol. The number of carbonyl (C=O) groups is 4. The zero-order valence-corrected chi connectivity index (χ0v) is 28.3. The van der Waals surface area contributed by atoms with E-state index >= 15 is 0 Å². The summed E-state index contributed by atoms with van der Waals surface area (Å²) in [7, 11) is 1.70. The van der Waals surface area contributed by atoms with Crippen LogP contribution in [0.1, 0.15) is 96.2 Å². The first-order valence-corrected chi connectivity index (χ1v) is 16.9. The lowest BCUT2D eigenvalue weighted by Gasteiger charge is -2.33. The van der Waals surface area contributed by atoms with E-state index in [1.807, 2.05) is 23.6 Å². The van der Waals surface area contributed by atoms with Crippen LogP contribution in [0, 0.1) is 6.92 Å². The quantitative estimate of drug-likeness (QED) is 0.250. The summed E-state index contributed by atoms with van der Waals surface area (Å²) in [4.78, 5) is 55.9. The third-order valence-corrected chi connectivity index (χ3v) is 10.0. The van der Waals surface area contributed by atoms with Crippen LogP contribution in [-0.2, 0) is 23.9 Å². The van der Waals surface area contributed by atoms with Gasteiger partial charge in [0, 0.05) is 43.3 Å². The van der Waals surface area contributed by atoms with Crippen LogP contribution in [0.5, 0.6) is 0 Å². The largest absolute Gasteiger partial charge is 0.478 e. The average molecular weight is 711 g/mol. The molecule has 0 bridgehead atoms. The predicted molar refractivity (Wildman–Crippen MR) is 179 cm³/mol. The summed E-state index contributed by atoms with van der Waals surface area (Å²) in [6.45, 7) is 2.54. The summed E-state index contributed by atoms with van der Waals surface area (Å²) in [5.41, 5.74) is 7.03. The Morgan fingerprint density at radius 1 is 1.04 bits per heavy atom. The monoisotopic (exact) mass is 710 g/mol. The maximum Gasteiger partial charge on any atom is 0.435 e. The Labute approximate surface area is 290 Å². The highest BCUT2D eigenvalue weighted by Crippen LogP contribution is 2.35. The number of nitrogens with zero attached hydrogens (tertiary/aromatic N) is 5. The number of aryl methyl sites for hydroxylation is 2. The molecule has 3 N–H and O–H groups in total. The third-order valence-electron chi connectivity index (χ3n) is 9.09. The Morgan fingerprint density at radius 3 is 2.38 bits per heavy atom. The van der Waals surface area contributed by atoms with Gasteiger partial charge >= 0.3 is 12.1 Å². The number of nitrogens with two attached hydrogens (primary N) is 1. The highest BCUT2D eigenvalue weighted by molar-refractivity contribution is 7.09. The lowest BCUT2D eigenvalue weighted by atomic mass is 9.86. The van der Waals surface area contributed by atoms with Crippen LogP contribution < -0.4 is 5.73 Å². The minimum atomic E-state index is -4.49. The van der Waals surface area contributed by atoms with Gasteiger partial charge in [-0.25, -0.2) is 9.78 Å². The van der Waals surface area contributed by atoms with Gasteiger partial charge in [-0.15, -0.1) is 11.3 Å². The van der Waals surface area contributed by atoms with Gasteiger partial charge in [0.1, 0.15) is 6.54 Å². The van der Waals surface area contributed by atoms with Crippen molar-refractivity contribution in [2.75, 3.05) is 20.1 Å². The number of carbonyl (C=O) groups excluding carboxylic acids is 3. The second kappa shape index (κ2) is 15.2. The average Bonchev–Trinajstić information content (AvgIpc) is 3.78. The number of piperidine rings is 1. The van der Waals surface area contributed by atoms with Gasteiger partial charge in [-0.1, -0.05) is 24.3 Å². The van der Waals surface area contributed by atoms with Crippen molar-refractivity contribution in [1.29, 1.82) is 0 Å². The molecule has 11 nitrogen and oxygen atoms in total. The summed E-state index contributed by atoms with van der Waals surface area (Å²) in [6, 6.07) is 12.7. The second-order valence-corrected chi connectivity index (χ2v) is 13.2. The summed E-state index contributed by atoms with van der Waals surface area (Å²) < 4.78 is 39.1. The van der Waals surface area contributed by atoms with E-state index in [2.05, 4.69) is 16.1 Å². The van der Waals surface area contributed by atoms with E-state index in [1.165, 1.54) is 24.6 Å². The zero-order chi connectivity index (χ0) is 36.2. The summed E-state index contributed by atoms with van der Waals surface area (Å²) in [6.07, 6.45) is 1.71. The molecule has 1 fully saturated rings. The van der Waals surface area contributed by atoms with Crippen LogP contribution in [0.4, 0.5) is 13.2 Å². The topological polar surface area (TPSA) is 152 Å². The van der Waals surface area contributed by atoms with Crippen molar-refractivity contribution < 1.29 is 37.5 Å². The molecule has 1 unspecified atom stereocenters. The van der Waals surface area contributed by atoms with E-state index in [0.29, 0.717) is 24.7 Å². The predicted octanol–water partition coefficient (Wildman–Crippen LogP) is 5.71. The minimum Gasteiger partial charge on any atom is -0.478 e. The maximum atomic E-state index is 13.0. The standard InChI is InChI=1S/C20H20N2O4.C15H17F3N4OS/c1-22(17-8-4-6-12-5-2-3-7-14(12)17)19(24)15-10-9-13(20(25)26)11-16(15)18(21)23;1-10-8-12(15(16,17)18)20-22(10)9-13(23)21-5-2-11(3-6-21)14-19-4-7-24-14/h2-3,5,7,9-11,17H,4,6,8H2,1H3,(H2,21,23)(H,25,26);4,7-8,11H,2-3,5-6,9H2,1H3. The Morgan fingerprint density at radius 2 is 1.76 bits per heavy atom. The van der Waals surface area contributed by atoms with E-state index in [-0.39, 0.29) is 41.1 Å². The van der Waals surface area contributed by atoms with Crippen molar-refractivity contribution in [3.05, 3.63) is 104 Å². The molecule has 1 aliphatic heterocycles. The van der Waals surface area contributed by atoms with Gasteiger partial charge in [0.05, 0.1) is 27.7 Å². The van der Waals surface area contributed by atoms with E-state index in [9.17, 15) is 32.3 Å². The third kappa shape index (κ3) is 8.21. The number of amides is 3. The Bertz CT molecular complexity index is 1870. The van der Waals surface area contributed by atoms with Crippen molar-refractivity contribution in [2.45, 2.75) is 63.7 Å². The number of carboxylic acid groups (broad SMARTS) is 1. The van der Waals surface area contributed by atoms with Crippen molar-refractivity contribution in [2.24, 2.45) is 5.73 Å². The highest BCUT2D eigenvalue weighted by atomic mass is 32.1. The smallest absolute Gasteiger partial charge is 0.435 e. The zero-order valence-electron chi connectivity index (χ0n) is 27.5. The molecule has 50 heavy (non-hydrogen) atoms. The molecule has 0 radical (unpaired) electrons. The van der Waals surface area contributed by atoms with Gasteiger partial charge in [-0.2, -0.15) is 18.3 Å². The van der Waals surface area contributed by atoms with Crippen LogP contribution in [0.25, 0.3) is 0 Å². The number of halogens is 3. The number of rotatable bonds is 7. The molecule has 6 rings (SSSR count). The van der Waals surface area contributed by atoms with Crippen LogP contribution in [0.15, 0.2) is 60.1 Å². The normalized spacial score (nSPS) is 16.2. The van der Waals surface area contributed by atoms with Gasteiger partial charge in [-0.3, -0.25) is 19.1 Å². The number of carboxylic acids is 1. The molecule has 0 spiro atoms. The van der Waals surface area contributed by atoms with Gasteiger partial charge in [0.25, 0.3) is 5.91 Å². The lowest BCUT2D eigenvalue weighted by Crippen LogP contribution is -2.40. The molecule has 4 aromatic rings. The fourth-order valence-corrected chi connectivity index (χ4v) is 7.19. The van der Waals surface area contributed by atoms with E-state index in [4.69, 9.17) is 10.8 Å². The molecule has 2 aliphatic rings. The number of aromatic nitrogens is 3. The first-order chi connectivity index (χ1) is 23.7. The molecular formula is C35H37F3N6O5S. The molecule has 15 heteroatoms. The van der Waals surface area contributed by atoms with Gasteiger partial charge in [0.2, 0.25) is 11.8 Å². The molecule has 1 saturated heterocycles. The fourth-order valence-electron chi connectivity index (χ4n) is 6.38. The summed E-state index contributed by atoms with van der Waals surface area (Å²) >= 11 is 1.61. The second-order valence-electron chi connectivity index (χ2n) is 12.3. The molecule has 3 amide bonds. The number of fused-ring (bicyclic) bond motifs is 1. The molecule has 1 aliphatic carbocycles. The van der Waals surface area contributed by atoms with Gasteiger partial charge in [-0.05, 0) is 74.4 Å². The first kappa shape index (κ1) is 36.2. The Hall–Kier alpha value is -5.05. The van der Waals surface area contributed by atoms with Crippen molar-refractivity contribution in [3.8, 4) is 0 Å². The number of hydrogen-bond acceptors (Lipinski definition) is 7. The Kier molecular flexibility index (Phi) is 11.0. The Balaban J connectivity index is 0.000000195. The van der Waals surface area contributed by atoms with Crippen LogP contribution in [0.2, 0.25) is 0 Å². The fraction of sp³-hybridized carbons (Fsp3) is 0.371. The van der Waals surface area contributed by atoms with Crippen molar-refractivity contribution >= 4 is 35.0 Å². The molecule has 3 heterocycles. The van der Waals surface area contributed by atoms with Crippen LogP contribution >= 0.6 is 11.3 Å². The van der Waals surface area contributed by atoms with Gasteiger partial charge < -0.3 is 20.6 Å². The van der Waals surface area contributed by atoms with E-state index in [0.717, 1.165) is 59.5 Å². The summed E-state index contributed by atoms with van der Waals surface area (Å²) in [5, 5.41) is 15.6. The molecule has 264 valence electrons. The number of benzene rings is 2. The number of likely N-dealkylation sites (tertiary alicyclic amines) is 1. The maximum absolute atomic E-state index is 13.0. The SMILES string of the molecule is CN(C(=O)c1ccc(C(=O)O)cc1C(N)=O)C1CCCc2ccccc21.Cc1cc(C(F)(F)F)nn1CC(=O)N1CCC(c2nccs2)CC1.